The third kappa shape index (κ3) is 5.41. The molecule has 1 aromatic rings. The van der Waals surface area contributed by atoms with E-state index in [2.05, 4.69) is 5.32 Å². The van der Waals surface area contributed by atoms with Crippen molar-refractivity contribution in [3.8, 4) is 0 Å². The van der Waals surface area contributed by atoms with Crippen LogP contribution in [0.3, 0.4) is 0 Å². The number of piperidine rings is 1. The highest BCUT2D eigenvalue weighted by molar-refractivity contribution is 7.89. The third-order valence-electron chi connectivity index (χ3n) is 4.36. The van der Waals surface area contributed by atoms with Gasteiger partial charge < -0.3 is 15.8 Å². The minimum Gasteiger partial charge on any atom is -0.465 e. The van der Waals surface area contributed by atoms with Crippen LogP contribution in [0.1, 0.15) is 28.8 Å². The minimum absolute atomic E-state index is 0. The van der Waals surface area contributed by atoms with Crippen LogP contribution >= 0.6 is 12.4 Å². The lowest BCUT2D eigenvalue weighted by Crippen LogP contribution is -2.46. The fourth-order valence-electron chi connectivity index (χ4n) is 2.99. The van der Waals surface area contributed by atoms with Gasteiger partial charge in [0.2, 0.25) is 15.9 Å². The van der Waals surface area contributed by atoms with Crippen molar-refractivity contribution in [2.75, 3.05) is 33.3 Å². The number of methoxy groups -OCH3 is 1. The van der Waals surface area contributed by atoms with Crippen LogP contribution in [-0.2, 0) is 19.6 Å². The van der Waals surface area contributed by atoms with Crippen molar-refractivity contribution in [1.82, 2.24) is 9.62 Å². The summed E-state index contributed by atoms with van der Waals surface area (Å²) in [6, 6.07) is 4.54. The number of amides is 1. The number of carbonyl (C=O) groups excluding carboxylic acids is 2. The van der Waals surface area contributed by atoms with E-state index in [1.54, 1.807) is 13.0 Å². The Balaban J connectivity index is 0.00000364. The van der Waals surface area contributed by atoms with E-state index in [1.807, 2.05) is 0 Å². The predicted octanol–water partition coefficient (Wildman–Crippen LogP) is 0.679. The number of rotatable bonds is 6. The lowest BCUT2D eigenvalue weighted by atomic mass is 9.99. The summed E-state index contributed by atoms with van der Waals surface area (Å²) in [5, 5.41) is 2.70. The van der Waals surface area contributed by atoms with Gasteiger partial charge in [0.25, 0.3) is 0 Å². The highest BCUT2D eigenvalue weighted by Crippen LogP contribution is 2.27. The minimum atomic E-state index is -3.92. The second-order valence-corrected chi connectivity index (χ2v) is 8.18. The van der Waals surface area contributed by atoms with Crippen LogP contribution in [0.5, 0.6) is 0 Å². The van der Waals surface area contributed by atoms with Crippen molar-refractivity contribution in [2.45, 2.75) is 24.7 Å². The SMILES string of the molecule is COC(=O)c1cc(C)ccc1S(=O)(=O)N1CCCC(C(=O)NCCN)C1.Cl. The maximum Gasteiger partial charge on any atom is 0.339 e. The molecule has 1 unspecified atom stereocenters. The topological polar surface area (TPSA) is 119 Å². The van der Waals surface area contributed by atoms with E-state index in [-0.39, 0.29) is 35.3 Å². The summed E-state index contributed by atoms with van der Waals surface area (Å²) >= 11 is 0. The van der Waals surface area contributed by atoms with E-state index in [0.29, 0.717) is 32.5 Å². The molecule has 1 aliphatic heterocycles. The zero-order valence-electron chi connectivity index (χ0n) is 15.4. The fourth-order valence-corrected chi connectivity index (χ4v) is 4.68. The molecular weight excluding hydrogens is 394 g/mol. The van der Waals surface area contributed by atoms with Crippen LogP contribution < -0.4 is 11.1 Å². The number of hydrogen-bond donors (Lipinski definition) is 2. The smallest absolute Gasteiger partial charge is 0.339 e. The van der Waals surface area contributed by atoms with Crippen molar-refractivity contribution in [1.29, 1.82) is 0 Å². The summed E-state index contributed by atoms with van der Waals surface area (Å²) < 4.78 is 32.2. The Morgan fingerprint density at radius 2 is 2.07 bits per heavy atom. The van der Waals surface area contributed by atoms with Crippen LogP contribution in [0.4, 0.5) is 0 Å². The normalized spacial score (nSPS) is 17.7. The molecule has 1 amide bonds. The quantitative estimate of drug-likeness (QED) is 0.654. The first-order chi connectivity index (χ1) is 12.3. The van der Waals surface area contributed by atoms with E-state index in [1.165, 1.54) is 23.5 Å². The molecule has 0 saturated carbocycles. The van der Waals surface area contributed by atoms with E-state index < -0.39 is 21.9 Å². The van der Waals surface area contributed by atoms with Gasteiger partial charge in [-0.2, -0.15) is 4.31 Å². The van der Waals surface area contributed by atoms with E-state index in [4.69, 9.17) is 10.5 Å². The average molecular weight is 420 g/mol. The van der Waals surface area contributed by atoms with Gasteiger partial charge in [0.15, 0.2) is 0 Å². The Kier molecular flexibility index (Phi) is 8.67. The lowest BCUT2D eigenvalue weighted by molar-refractivity contribution is -0.126. The molecule has 8 nitrogen and oxygen atoms in total. The summed E-state index contributed by atoms with van der Waals surface area (Å²) in [6.45, 7) is 2.82. The second kappa shape index (κ2) is 10.0. The average Bonchev–Trinajstić information content (AvgIpc) is 2.65. The Morgan fingerprint density at radius 3 is 2.70 bits per heavy atom. The number of ether oxygens (including phenoxy) is 1. The van der Waals surface area contributed by atoms with Gasteiger partial charge in [0.1, 0.15) is 0 Å². The molecule has 152 valence electrons. The van der Waals surface area contributed by atoms with Gasteiger partial charge in [0.05, 0.1) is 23.5 Å². The molecule has 0 radical (unpaired) electrons. The molecular formula is C17H26ClN3O5S. The first kappa shape index (κ1) is 23.4. The number of aryl methyl sites for hydroxylation is 1. The largest absolute Gasteiger partial charge is 0.465 e. The molecule has 0 bridgehead atoms. The van der Waals surface area contributed by atoms with Crippen molar-refractivity contribution in [3.63, 3.8) is 0 Å². The highest BCUT2D eigenvalue weighted by Gasteiger charge is 2.35. The van der Waals surface area contributed by atoms with Crippen LogP contribution in [0, 0.1) is 12.8 Å². The molecule has 1 saturated heterocycles. The molecule has 1 aromatic carbocycles. The molecule has 1 aliphatic rings. The van der Waals surface area contributed by atoms with Crippen LogP contribution in [0.2, 0.25) is 0 Å². The van der Waals surface area contributed by atoms with Crippen molar-refractivity contribution in [2.24, 2.45) is 11.7 Å². The zero-order chi connectivity index (χ0) is 19.3. The van der Waals surface area contributed by atoms with Gasteiger partial charge in [-0.05, 0) is 31.9 Å². The van der Waals surface area contributed by atoms with Crippen molar-refractivity contribution >= 4 is 34.3 Å². The number of nitrogens with zero attached hydrogens (tertiary/aromatic N) is 1. The number of nitrogens with one attached hydrogen (secondary N) is 1. The van der Waals surface area contributed by atoms with Crippen LogP contribution in [0.25, 0.3) is 0 Å². The van der Waals surface area contributed by atoms with Gasteiger partial charge >= 0.3 is 5.97 Å². The predicted molar refractivity (Wildman–Crippen MR) is 103 cm³/mol. The molecule has 1 atom stereocenters. The maximum atomic E-state index is 13.1. The van der Waals surface area contributed by atoms with Gasteiger partial charge in [0, 0.05) is 26.2 Å². The standard InChI is InChI=1S/C17H25N3O5S.ClH/c1-12-5-6-15(14(10-12)17(22)25-2)26(23,24)20-9-3-4-13(11-20)16(21)19-8-7-18;/h5-6,10,13H,3-4,7-9,11,18H2,1-2H3,(H,19,21);1H. The summed E-state index contributed by atoms with van der Waals surface area (Å²) in [6.07, 6.45) is 1.18. The molecule has 0 spiro atoms. The summed E-state index contributed by atoms with van der Waals surface area (Å²) in [7, 11) is -2.72. The van der Waals surface area contributed by atoms with E-state index >= 15 is 0 Å². The summed E-state index contributed by atoms with van der Waals surface area (Å²) in [5.41, 5.74) is 6.14. The van der Waals surface area contributed by atoms with Crippen molar-refractivity contribution in [3.05, 3.63) is 29.3 Å². The van der Waals surface area contributed by atoms with Gasteiger partial charge in [-0.3, -0.25) is 4.79 Å². The summed E-state index contributed by atoms with van der Waals surface area (Å²) in [5.74, 6) is -1.34. The van der Waals surface area contributed by atoms with Crippen LogP contribution in [0.15, 0.2) is 23.1 Å². The van der Waals surface area contributed by atoms with E-state index in [0.717, 1.165) is 5.56 Å². The van der Waals surface area contributed by atoms with Gasteiger partial charge in [-0.25, -0.2) is 13.2 Å². The first-order valence-electron chi connectivity index (χ1n) is 8.48. The van der Waals surface area contributed by atoms with Crippen molar-refractivity contribution < 1.29 is 22.7 Å². The molecule has 27 heavy (non-hydrogen) atoms. The Hall–Kier alpha value is -1.68. The monoisotopic (exact) mass is 419 g/mol. The highest BCUT2D eigenvalue weighted by atomic mass is 35.5. The number of nitrogens with two attached hydrogens (primary N) is 1. The number of sulfonamides is 1. The molecule has 1 fully saturated rings. The number of esters is 1. The molecule has 0 aliphatic carbocycles. The number of halogens is 1. The molecule has 10 heteroatoms. The van der Waals surface area contributed by atoms with E-state index in [9.17, 15) is 18.0 Å². The zero-order valence-corrected chi connectivity index (χ0v) is 17.1. The Bertz CT molecular complexity index is 785. The maximum absolute atomic E-state index is 13.1. The third-order valence-corrected chi connectivity index (χ3v) is 6.28. The van der Waals surface area contributed by atoms with Gasteiger partial charge in [-0.15, -0.1) is 12.4 Å². The molecule has 3 N–H and O–H groups in total. The Morgan fingerprint density at radius 1 is 1.37 bits per heavy atom. The number of benzene rings is 1. The van der Waals surface area contributed by atoms with Gasteiger partial charge in [-0.1, -0.05) is 11.6 Å². The molecule has 2 rings (SSSR count). The molecule has 1 heterocycles. The Labute approximate surface area is 165 Å². The fraction of sp³-hybridized carbons (Fsp3) is 0.529. The summed E-state index contributed by atoms with van der Waals surface area (Å²) in [4.78, 5) is 24.1. The lowest BCUT2D eigenvalue weighted by Gasteiger charge is -2.31. The molecule has 0 aromatic heterocycles. The number of hydrogen-bond acceptors (Lipinski definition) is 6. The second-order valence-electron chi connectivity index (χ2n) is 6.27. The van der Waals surface area contributed by atoms with Crippen LogP contribution in [-0.4, -0.2) is 57.9 Å². The number of carbonyl (C=O) groups is 2. The first-order valence-corrected chi connectivity index (χ1v) is 9.92.